The zero-order valence-electron chi connectivity index (χ0n) is 17.1. The minimum atomic E-state index is -0.178. The molecule has 2 aromatic rings. The Balaban J connectivity index is 1.70. The maximum Gasteiger partial charge on any atom is 0.225 e. The molecule has 2 amide bonds. The minimum absolute atomic E-state index is 0.00758. The van der Waals surface area contributed by atoms with E-state index in [1.54, 1.807) is 12.0 Å². The molecule has 1 unspecified atom stereocenters. The minimum Gasteiger partial charge on any atom is -0.497 e. The molecule has 3 rings (SSSR count). The summed E-state index contributed by atoms with van der Waals surface area (Å²) in [7, 11) is 1.61. The lowest BCUT2D eigenvalue weighted by Crippen LogP contribution is -2.35. The molecule has 1 aromatic heterocycles. The number of methoxy groups -OCH3 is 1. The molecule has 158 valence electrons. The van der Waals surface area contributed by atoms with Gasteiger partial charge in [-0.05, 0) is 35.6 Å². The number of nitrogens with one attached hydrogen (secondary N) is 1. The average Bonchev–Trinajstić information content (AvgIpc) is 3.09. The van der Waals surface area contributed by atoms with Crippen LogP contribution in [0.4, 0.5) is 5.00 Å². The van der Waals surface area contributed by atoms with Gasteiger partial charge in [-0.2, -0.15) is 5.26 Å². The molecular weight excluding hydrogens is 402 g/mol. The number of anilines is 1. The number of amides is 2. The molecule has 0 saturated heterocycles. The van der Waals surface area contributed by atoms with Crippen LogP contribution in [-0.4, -0.2) is 42.1 Å². The van der Waals surface area contributed by atoms with Gasteiger partial charge in [-0.1, -0.05) is 19.1 Å². The van der Waals surface area contributed by atoms with E-state index < -0.39 is 0 Å². The number of nitriles is 1. The normalized spacial score (nSPS) is 13.9. The predicted octanol–water partition coefficient (Wildman–Crippen LogP) is 3.03. The third-order valence-electron chi connectivity index (χ3n) is 5.25. The number of carbonyl (C=O) groups is 2. The molecule has 0 bridgehead atoms. The fourth-order valence-electron chi connectivity index (χ4n) is 3.60. The first-order valence-corrected chi connectivity index (χ1v) is 10.7. The number of aliphatic hydroxyl groups excluding tert-OH is 1. The van der Waals surface area contributed by atoms with Crippen LogP contribution in [0.2, 0.25) is 0 Å². The van der Waals surface area contributed by atoms with Crippen LogP contribution in [0, 0.1) is 11.3 Å². The number of nitrogens with zero attached hydrogens (tertiary/aromatic N) is 2. The summed E-state index contributed by atoms with van der Waals surface area (Å²) < 4.78 is 5.25. The van der Waals surface area contributed by atoms with Gasteiger partial charge < -0.3 is 20.1 Å². The van der Waals surface area contributed by atoms with E-state index in [-0.39, 0.29) is 37.2 Å². The number of aliphatic hydroxyl groups is 1. The van der Waals surface area contributed by atoms with Crippen LogP contribution in [0.3, 0.4) is 0 Å². The quantitative estimate of drug-likeness (QED) is 0.707. The van der Waals surface area contributed by atoms with Gasteiger partial charge >= 0.3 is 0 Å². The van der Waals surface area contributed by atoms with E-state index in [1.165, 1.54) is 11.3 Å². The fraction of sp³-hybridized carbons (Fsp3) is 0.409. The number of carbonyl (C=O) groups excluding carboxylic acids is 2. The lowest BCUT2D eigenvalue weighted by molar-refractivity contribution is -0.132. The number of rotatable bonds is 7. The van der Waals surface area contributed by atoms with E-state index in [4.69, 9.17) is 9.84 Å². The molecular formula is C22H25N3O4S. The van der Waals surface area contributed by atoms with Crippen LogP contribution in [0.15, 0.2) is 24.3 Å². The number of hydrogen-bond acceptors (Lipinski definition) is 6. The van der Waals surface area contributed by atoms with Crippen LogP contribution < -0.4 is 10.1 Å². The number of thiophene rings is 1. The molecule has 0 aliphatic carbocycles. The van der Waals surface area contributed by atoms with Gasteiger partial charge in [0.15, 0.2) is 0 Å². The van der Waals surface area contributed by atoms with E-state index in [0.717, 1.165) is 21.8 Å². The number of hydrogen-bond donors (Lipinski definition) is 2. The van der Waals surface area contributed by atoms with Gasteiger partial charge in [0, 0.05) is 24.3 Å². The van der Waals surface area contributed by atoms with E-state index >= 15 is 0 Å². The number of fused-ring (bicyclic) bond motifs is 1. The summed E-state index contributed by atoms with van der Waals surface area (Å²) in [4.78, 5) is 27.3. The Morgan fingerprint density at radius 3 is 2.93 bits per heavy atom. The van der Waals surface area contributed by atoms with Crippen LogP contribution in [0.25, 0.3) is 0 Å². The third kappa shape index (κ3) is 4.81. The van der Waals surface area contributed by atoms with Crippen molar-refractivity contribution in [3.8, 4) is 11.8 Å². The summed E-state index contributed by atoms with van der Waals surface area (Å²) in [5, 5.41) is 22.1. The molecule has 2 heterocycles. The highest BCUT2D eigenvalue weighted by atomic mass is 32.1. The lowest BCUT2D eigenvalue weighted by atomic mass is 9.97. The van der Waals surface area contributed by atoms with Crippen molar-refractivity contribution >= 4 is 28.2 Å². The van der Waals surface area contributed by atoms with Gasteiger partial charge in [-0.15, -0.1) is 11.3 Å². The zero-order chi connectivity index (χ0) is 21.7. The summed E-state index contributed by atoms with van der Waals surface area (Å²) in [6, 6.07) is 9.85. The van der Waals surface area contributed by atoms with Crippen LogP contribution in [0.1, 0.15) is 47.3 Å². The Kier molecular flexibility index (Phi) is 7.08. The summed E-state index contributed by atoms with van der Waals surface area (Å²) >= 11 is 1.35. The Hall–Kier alpha value is -2.89. The second-order valence-corrected chi connectivity index (χ2v) is 8.39. The molecule has 8 heteroatoms. The Morgan fingerprint density at radius 2 is 2.23 bits per heavy atom. The topological polar surface area (TPSA) is 103 Å². The molecule has 0 saturated carbocycles. The largest absolute Gasteiger partial charge is 0.497 e. The van der Waals surface area contributed by atoms with E-state index in [2.05, 4.69) is 11.4 Å². The molecule has 1 aliphatic heterocycles. The van der Waals surface area contributed by atoms with Crippen molar-refractivity contribution in [2.24, 2.45) is 0 Å². The maximum absolute atomic E-state index is 12.7. The van der Waals surface area contributed by atoms with Gasteiger partial charge in [-0.3, -0.25) is 9.59 Å². The van der Waals surface area contributed by atoms with Crippen molar-refractivity contribution in [2.45, 2.75) is 38.6 Å². The highest BCUT2D eigenvalue weighted by Gasteiger charge is 2.27. The standard InChI is InChI=1S/C22H25N3O4S/c1-14(15-4-3-5-16(11-15)29-2)10-20(27)24-22-18(12-23)17-6-8-25(13-19(17)30-22)21(28)7-9-26/h3-5,11,14,26H,6-10,13H2,1-2H3,(H,24,27). The first-order chi connectivity index (χ1) is 14.5. The maximum atomic E-state index is 12.7. The lowest BCUT2D eigenvalue weighted by Gasteiger charge is -2.26. The van der Waals surface area contributed by atoms with Crippen LogP contribution in [-0.2, 0) is 22.6 Å². The number of ether oxygens (including phenoxy) is 1. The van der Waals surface area contributed by atoms with E-state index in [9.17, 15) is 14.9 Å². The smallest absolute Gasteiger partial charge is 0.225 e. The van der Waals surface area contributed by atoms with Gasteiger partial charge in [0.1, 0.15) is 16.8 Å². The second-order valence-electron chi connectivity index (χ2n) is 7.29. The van der Waals surface area contributed by atoms with Gasteiger partial charge in [-0.25, -0.2) is 0 Å². The Bertz CT molecular complexity index is 979. The molecule has 2 N–H and O–H groups in total. The second kappa shape index (κ2) is 9.74. The van der Waals surface area contributed by atoms with Crippen molar-refractivity contribution in [3.05, 3.63) is 45.8 Å². The summed E-state index contributed by atoms with van der Waals surface area (Å²) in [6.07, 6.45) is 0.946. The van der Waals surface area contributed by atoms with E-state index in [1.807, 2.05) is 31.2 Å². The average molecular weight is 428 g/mol. The number of benzene rings is 1. The Morgan fingerprint density at radius 1 is 1.43 bits per heavy atom. The molecule has 1 atom stereocenters. The summed E-state index contributed by atoms with van der Waals surface area (Å²) in [5.41, 5.74) is 2.41. The molecule has 0 spiro atoms. The summed E-state index contributed by atoms with van der Waals surface area (Å²) in [6.45, 7) is 2.72. The van der Waals surface area contributed by atoms with Crippen molar-refractivity contribution in [2.75, 3.05) is 25.6 Å². The summed E-state index contributed by atoms with van der Waals surface area (Å²) in [5.74, 6) is 0.478. The first-order valence-electron chi connectivity index (χ1n) is 9.83. The van der Waals surface area contributed by atoms with Crippen molar-refractivity contribution in [1.29, 1.82) is 5.26 Å². The SMILES string of the molecule is COc1cccc(C(C)CC(=O)Nc2sc3c(c2C#N)CCN(C(=O)CCO)C3)c1. The zero-order valence-corrected chi connectivity index (χ0v) is 17.9. The molecule has 0 fully saturated rings. The monoisotopic (exact) mass is 427 g/mol. The molecule has 0 radical (unpaired) electrons. The third-order valence-corrected chi connectivity index (χ3v) is 6.39. The van der Waals surface area contributed by atoms with Crippen molar-refractivity contribution in [1.82, 2.24) is 4.90 Å². The highest BCUT2D eigenvalue weighted by Crippen LogP contribution is 2.37. The Labute approximate surface area is 179 Å². The van der Waals surface area contributed by atoms with Crippen LogP contribution in [0.5, 0.6) is 5.75 Å². The van der Waals surface area contributed by atoms with Gasteiger partial charge in [0.05, 0.1) is 25.8 Å². The highest BCUT2D eigenvalue weighted by molar-refractivity contribution is 7.16. The molecule has 7 nitrogen and oxygen atoms in total. The molecule has 1 aliphatic rings. The van der Waals surface area contributed by atoms with Gasteiger partial charge in [0.25, 0.3) is 0 Å². The predicted molar refractivity (Wildman–Crippen MR) is 115 cm³/mol. The van der Waals surface area contributed by atoms with Gasteiger partial charge in [0.2, 0.25) is 11.8 Å². The molecule has 30 heavy (non-hydrogen) atoms. The first kappa shape index (κ1) is 21.8. The van der Waals surface area contributed by atoms with E-state index in [0.29, 0.717) is 30.1 Å². The van der Waals surface area contributed by atoms with Crippen LogP contribution >= 0.6 is 11.3 Å². The van der Waals surface area contributed by atoms with Crippen molar-refractivity contribution in [3.63, 3.8) is 0 Å². The fourth-order valence-corrected chi connectivity index (χ4v) is 4.83. The van der Waals surface area contributed by atoms with Crippen molar-refractivity contribution < 1.29 is 19.4 Å². The molecule has 1 aromatic carbocycles.